The number of nitrogens with one attached hydrogen (secondary N) is 1. The number of hydrogen-bond donors (Lipinski definition) is 1. The third kappa shape index (κ3) is 5.22. The van der Waals surface area contributed by atoms with Crippen molar-refractivity contribution in [1.29, 1.82) is 0 Å². The molecule has 2 rings (SSSR count). The summed E-state index contributed by atoms with van der Waals surface area (Å²) < 4.78 is 20.6. The van der Waals surface area contributed by atoms with Crippen molar-refractivity contribution >= 4 is 5.69 Å². The van der Waals surface area contributed by atoms with Crippen LogP contribution < -0.4 is 24.6 Å². The highest BCUT2D eigenvalue weighted by Crippen LogP contribution is 2.34. The van der Waals surface area contributed by atoms with E-state index in [1.54, 1.807) is 26.4 Å². The van der Waals surface area contributed by atoms with E-state index in [-0.39, 0.29) is 24.7 Å². The molecule has 2 aromatic carbocycles. The normalized spacial score (nSPS) is 10.4. The number of nitro benzene ring substituents is 1. The predicted molar refractivity (Wildman–Crippen MR) is 98.5 cm³/mol. The van der Waals surface area contributed by atoms with E-state index in [9.17, 15) is 10.1 Å². The fourth-order valence-electron chi connectivity index (χ4n) is 2.43. The summed E-state index contributed by atoms with van der Waals surface area (Å²) in [6, 6.07) is 8.09. The van der Waals surface area contributed by atoms with Gasteiger partial charge in [-0.1, -0.05) is 11.7 Å². The van der Waals surface area contributed by atoms with Crippen molar-refractivity contribution < 1.29 is 33.5 Å². The van der Waals surface area contributed by atoms with Gasteiger partial charge in [0, 0.05) is 0 Å². The Hall–Kier alpha value is -3.08. The van der Waals surface area contributed by atoms with Crippen molar-refractivity contribution in [1.82, 2.24) is 5.64 Å². The van der Waals surface area contributed by atoms with E-state index in [0.717, 1.165) is 5.56 Å². The van der Waals surface area contributed by atoms with E-state index >= 15 is 0 Å². The van der Waals surface area contributed by atoms with Gasteiger partial charge >= 0.3 is 0 Å². The Kier molecular flexibility index (Phi) is 7.81. The first-order valence-electron chi connectivity index (χ1n) is 8.12. The first-order chi connectivity index (χ1) is 13.5. The van der Waals surface area contributed by atoms with Crippen LogP contribution in [-0.2, 0) is 22.9 Å². The number of rotatable bonds is 11. The molecule has 10 nitrogen and oxygen atoms in total. The van der Waals surface area contributed by atoms with Crippen LogP contribution in [0.3, 0.4) is 0 Å². The zero-order valence-electron chi connectivity index (χ0n) is 16.0. The van der Waals surface area contributed by atoms with Gasteiger partial charge in [0.25, 0.3) is 5.69 Å². The van der Waals surface area contributed by atoms with Crippen molar-refractivity contribution in [2.75, 3.05) is 28.4 Å². The quantitative estimate of drug-likeness (QED) is 0.349. The number of benzene rings is 2. The van der Waals surface area contributed by atoms with Crippen LogP contribution in [0.5, 0.6) is 23.0 Å². The maximum absolute atomic E-state index is 11.3. The van der Waals surface area contributed by atoms with Crippen molar-refractivity contribution in [3.05, 3.63) is 51.6 Å². The Balaban J connectivity index is 1.94. The second-order valence-electron chi connectivity index (χ2n) is 5.44. The van der Waals surface area contributed by atoms with Gasteiger partial charge in [-0.15, -0.1) is 0 Å². The Morgan fingerprint density at radius 2 is 1.39 bits per heavy atom. The molecule has 0 heterocycles. The van der Waals surface area contributed by atoms with Crippen LogP contribution in [-0.4, -0.2) is 33.4 Å². The molecule has 1 N–H and O–H groups in total. The summed E-state index contributed by atoms with van der Waals surface area (Å²) in [6.07, 6.45) is 0. The Labute approximate surface area is 161 Å². The fourth-order valence-corrected chi connectivity index (χ4v) is 2.43. The largest absolute Gasteiger partial charge is 0.493 e. The topological polar surface area (TPSA) is 111 Å². The number of nitro groups is 1. The Morgan fingerprint density at radius 1 is 0.821 bits per heavy atom. The molecular weight excluding hydrogens is 372 g/mol. The molecule has 0 fully saturated rings. The van der Waals surface area contributed by atoms with Crippen LogP contribution in [0.15, 0.2) is 30.3 Å². The lowest BCUT2D eigenvalue weighted by Gasteiger charge is -2.12. The number of methoxy groups -OCH3 is 4. The second-order valence-corrected chi connectivity index (χ2v) is 5.44. The summed E-state index contributed by atoms with van der Waals surface area (Å²) in [4.78, 5) is 21.1. The lowest BCUT2D eigenvalue weighted by Crippen LogP contribution is -2.15. The van der Waals surface area contributed by atoms with Crippen LogP contribution in [0.1, 0.15) is 11.1 Å². The minimum Gasteiger partial charge on any atom is -0.493 e. The molecule has 152 valence electrons. The summed E-state index contributed by atoms with van der Waals surface area (Å²) in [6.45, 7) is 0.0526. The van der Waals surface area contributed by atoms with Crippen LogP contribution >= 0.6 is 0 Å². The molecule has 0 bridgehead atoms. The first kappa shape index (κ1) is 21.2. The maximum Gasteiger partial charge on any atom is 0.278 e. The van der Waals surface area contributed by atoms with E-state index in [2.05, 4.69) is 5.64 Å². The SMILES string of the molecule is COc1ccc(CONOCc2cc(OC)c(OC)cc2[N+](=O)[O-])cc1OC. The molecule has 0 saturated carbocycles. The lowest BCUT2D eigenvalue weighted by molar-refractivity contribution is -0.386. The van der Waals surface area contributed by atoms with Crippen LogP contribution in [0, 0.1) is 10.1 Å². The molecule has 0 amide bonds. The van der Waals surface area contributed by atoms with E-state index in [4.69, 9.17) is 28.6 Å². The second kappa shape index (κ2) is 10.3. The van der Waals surface area contributed by atoms with Gasteiger partial charge in [0.15, 0.2) is 23.0 Å². The monoisotopic (exact) mass is 394 g/mol. The highest BCUT2D eigenvalue weighted by atomic mass is 16.9. The van der Waals surface area contributed by atoms with Crippen molar-refractivity contribution in [2.24, 2.45) is 0 Å². The number of hydrogen-bond acceptors (Lipinski definition) is 9. The summed E-state index contributed by atoms with van der Waals surface area (Å²) in [5, 5.41) is 11.3. The number of ether oxygens (including phenoxy) is 4. The molecule has 0 aliphatic heterocycles. The van der Waals surface area contributed by atoms with E-state index < -0.39 is 4.92 Å². The molecule has 0 atom stereocenters. The maximum atomic E-state index is 11.3. The van der Waals surface area contributed by atoms with E-state index in [1.807, 2.05) is 6.07 Å². The molecule has 10 heteroatoms. The molecule has 0 radical (unpaired) electrons. The smallest absolute Gasteiger partial charge is 0.278 e. The lowest BCUT2D eigenvalue weighted by atomic mass is 10.1. The van der Waals surface area contributed by atoms with E-state index in [1.165, 1.54) is 26.4 Å². The van der Waals surface area contributed by atoms with Crippen molar-refractivity contribution in [2.45, 2.75) is 13.2 Å². The average molecular weight is 394 g/mol. The molecule has 0 spiro atoms. The summed E-state index contributed by atoms with van der Waals surface area (Å²) >= 11 is 0. The third-order valence-corrected chi connectivity index (χ3v) is 3.81. The molecule has 2 aromatic rings. The number of nitrogens with zero attached hydrogens (tertiary/aromatic N) is 1. The van der Waals surface area contributed by atoms with Crippen LogP contribution in [0.4, 0.5) is 5.69 Å². The average Bonchev–Trinajstić information content (AvgIpc) is 2.72. The molecule has 0 aliphatic carbocycles. The predicted octanol–water partition coefficient (Wildman–Crippen LogP) is 2.78. The molecule has 0 aliphatic rings. The molecule has 28 heavy (non-hydrogen) atoms. The Morgan fingerprint density at radius 3 is 2.00 bits per heavy atom. The highest BCUT2D eigenvalue weighted by Gasteiger charge is 2.19. The summed E-state index contributed by atoms with van der Waals surface area (Å²) in [7, 11) is 5.94. The first-order valence-corrected chi connectivity index (χ1v) is 8.12. The molecule has 0 unspecified atom stereocenters. The zero-order chi connectivity index (χ0) is 20.5. The van der Waals surface area contributed by atoms with Gasteiger partial charge in [0.05, 0.1) is 51.6 Å². The van der Waals surface area contributed by atoms with Gasteiger partial charge in [-0.25, -0.2) is 0 Å². The van der Waals surface area contributed by atoms with Crippen LogP contribution in [0.2, 0.25) is 0 Å². The molecular formula is C18H22N2O8. The van der Waals surface area contributed by atoms with Crippen LogP contribution in [0.25, 0.3) is 0 Å². The highest BCUT2D eigenvalue weighted by molar-refractivity contribution is 5.54. The van der Waals surface area contributed by atoms with Crippen molar-refractivity contribution in [3.8, 4) is 23.0 Å². The third-order valence-electron chi connectivity index (χ3n) is 3.81. The van der Waals surface area contributed by atoms with Gasteiger partial charge in [-0.05, 0) is 23.8 Å². The van der Waals surface area contributed by atoms with Gasteiger partial charge in [-0.3, -0.25) is 19.8 Å². The standard InChI is InChI=1S/C18H22N2O8/c1-23-15-6-5-12(7-16(15)24-2)10-27-19-28-11-13-8-17(25-3)18(26-4)9-14(13)20(21)22/h5-9,19H,10-11H2,1-4H3. The van der Waals surface area contributed by atoms with Gasteiger partial charge < -0.3 is 18.9 Å². The van der Waals surface area contributed by atoms with Gasteiger partial charge in [-0.2, -0.15) is 0 Å². The fraction of sp³-hybridized carbons (Fsp3) is 0.333. The minimum atomic E-state index is -0.523. The van der Waals surface area contributed by atoms with E-state index in [0.29, 0.717) is 22.8 Å². The Bertz CT molecular complexity index is 812. The van der Waals surface area contributed by atoms with Crippen molar-refractivity contribution in [3.63, 3.8) is 0 Å². The summed E-state index contributed by atoms with van der Waals surface area (Å²) in [5.41, 5.74) is 3.27. The van der Waals surface area contributed by atoms with Gasteiger partial charge in [0.1, 0.15) is 6.61 Å². The zero-order valence-corrected chi connectivity index (χ0v) is 16.0. The minimum absolute atomic E-state index is 0.122. The summed E-state index contributed by atoms with van der Waals surface area (Å²) in [5.74, 6) is 1.80. The van der Waals surface area contributed by atoms with Gasteiger partial charge in [0.2, 0.25) is 0 Å². The molecule has 0 saturated heterocycles. The molecule has 0 aromatic heterocycles.